The lowest BCUT2D eigenvalue weighted by Gasteiger charge is -2.05. The molecule has 92 valence electrons. The highest BCUT2D eigenvalue weighted by atomic mass is 16.5. The summed E-state index contributed by atoms with van der Waals surface area (Å²) in [6.07, 6.45) is -0.223. The number of ether oxygens (including phenoxy) is 1. The van der Waals surface area contributed by atoms with E-state index in [1.54, 1.807) is 6.92 Å². The molecule has 4 heteroatoms. The minimum absolute atomic E-state index is 0.223. The Morgan fingerprint density at radius 1 is 1.35 bits per heavy atom. The number of amides is 1. The maximum Gasteiger partial charge on any atom is 0.315 e. The predicted octanol–water partition coefficient (Wildman–Crippen LogP) is 1.56. The van der Waals surface area contributed by atoms with Gasteiger partial charge in [-0.3, -0.25) is 9.59 Å². The van der Waals surface area contributed by atoms with Gasteiger partial charge in [0.15, 0.2) is 0 Å². The van der Waals surface area contributed by atoms with Gasteiger partial charge in [-0.1, -0.05) is 29.8 Å². The highest BCUT2D eigenvalue weighted by molar-refractivity contribution is 5.94. The standard InChI is InChI=1S/C13H17NO3/c1-3-17-13(16)8-12(15)14-9-11-6-4-5-10(2)7-11/h4-7H,3,8-9H2,1-2H3,(H,14,15). The van der Waals surface area contributed by atoms with Gasteiger partial charge >= 0.3 is 5.97 Å². The molecule has 1 N–H and O–H groups in total. The summed E-state index contributed by atoms with van der Waals surface area (Å²) in [6.45, 7) is 4.43. The van der Waals surface area contributed by atoms with Crippen molar-refractivity contribution < 1.29 is 14.3 Å². The van der Waals surface area contributed by atoms with Crippen LogP contribution in [0.2, 0.25) is 0 Å². The van der Waals surface area contributed by atoms with Gasteiger partial charge in [0.25, 0.3) is 0 Å². The average molecular weight is 235 g/mol. The van der Waals surface area contributed by atoms with E-state index in [0.717, 1.165) is 11.1 Å². The van der Waals surface area contributed by atoms with Crippen molar-refractivity contribution in [1.29, 1.82) is 0 Å². The van der Waals surface area contributed by atoms with Crippen molar-refractivity contribution in [2.45, 2.75) is 26.8 Å². The maximum atomic E-state index is 11.4. The van der Waals surface area contributed by atoms with Crippen LogP contribution in [-0.2, 0) is 20.9 Å². The van der Waals surface area contributed by atoms with Gasteiger partial charge in [0.05, 0.1) is 6.61 Å². The molecule has 0 atom stereocenters. The van der Waals surface area contributed by atoms with Crippen molar-refractivity contribution in [2.75, 3.05) is 6.61 Å². The highest BCUT2D eigenvalue weighted by Gasteiger charge is 2.09. The molecular weight excluding hydrogens is 218 g/mol. The molecular formula is C13H17NO3. The van der Waals surface area contributed by atoms with Crippen LogP contribution in [0.3, 0.4) is 0 Å². The highest BCUT2D eigenvalue weighted by Crippen LogP contribution is 2.03. The second kappa shape index (κ2) is 6.68. The molecule has 0 bridgehead atoms. The summed E-state index contributed by atoms with van der Waals surface area (Å²) in [7, 11) is 0. The lowest BCUT2D eigenvalue weighted by atomic mass is 10.1. The summed E-state index contributed by atoms with van der Waals surface area (Å²) < 4.78 is 4.68. The summed E-state index contributed by atoms with van der Waals surface area (Å²) in [4.78, 5) is 22.4. The van der Waals surface area contributed by atoms with E-state index in [0.29, 0.717) is 13.2 Å². The largest absolute Gasteiger partial charge is 0.466 e. The average Bonchev–Trinajstić information content (AvgIpc) is 2.27. The van der Waals surface area contributed by atoms with E-state index >= 15 is 0 Å². The normalized spacial score (nSPS) is 9.76. The van der Waals surface area contributed by atoms with Crippen LogP contribution in [0.1, 0.15) is 24.5 Å². The lowest BCUT2D eigenvalue weighted by molar-refractivity contribution is -0.146. The number of nitrogens with one attached hydrogen (secondary N) is 1. The van der Waals surface area contributed by atoms with E-state index < -0.39 is 5.97 Å². The van der Waals surface area contributed by atoms with Gasteiger partial charge in [0, 0.05) is 6.54 Å². The zero-order valence-corrected chi connectivity index (χ0v) is 10.2. The van der Waals surface area contributed by atoms with Crippen molar-refractivity contribution in [3.63, 3.8) is 0 Å². The summed E-state index contributed by atoms with van der Waals surface area (Å²) in [5, 5.41) is 2.68. The number of carbonyl (C=O) groups excluding carboxylic acids is 2. The monoisotopic (exact) mass is 235 g/mol. The number of hydrogen-bond acceptors (Lipinski definition) is 3. The SMILES string of the molecule is CCOC(=O)CC(=O)NCc1cccc(C)c1. The molecule has 0 saturated heterocycles. The fourth-order valence-corrected chi connectivity index (χ4v) is 1.43. The number of aryl methyl sites for hydroxylation is 1. The number of esters is 1. The number of benzene rings is 1. The van der Waals surface area contributed by atoms with Gasteiger partial charge in [0.2, 0.25) is 5.91 Å². The van der Waals surface area contributed by atoms with Crippen LogP contribution in [-0.4, -0.2) is 18.5 Å². The van der Waals surface area contributed by atoms with E-state index in [1.807, 2.05) is 31.2 Å². The van der Waals surface area contributed by atoms with Crippen molar-refractivity contribution >= 4 is 11.9 Å². The van der Waals surface area contributed by atoms with Gasteiger partial charge < -0.3 is 10.1 Å². The fraction of sp³-hybridized carbons (Fsp3) is 0.385. The van der Waals surface area contributed by atoms with Crippen LogP contribution >= 0.6 is 0 Å². The van der Waals surface area contributed by atoms with Crippen molar-refractivity contribution in [3.05, 3.63) is 35.4 Å². The van der Waals surface area contributed by atoms with Crippen LogP contribution < -0.4 is 5.32 Å². The zero-order chi connectivity index (χ0) is 12.7. The third-order valence-electron chi connectivity index (χ3n) is 2.18. The minimum atomic E-state index is -0.491. The molecule has 4 nitrogen and oxygen atoms in total. The molecule has 1 amide bonds. The van der Waals surface area contributed by atoms with E-state index in [2.05, 4.69) is 10.1 Å². The number of carbonyl (C=O) groups is 2. The van der Waals surface area contributed by atoms with Gasteiger partial charge in [0.1, 0.15) is 6.42 Å². The topological polar surface area (TPSA) is 55.4 Å². The Kier molecular flexibility index (Phi) is 5.20. The van der Waals surface area contributed by atoms with E-state index in [4.69, 9.17) is 0 Å². The zero-order valence-electron chi connectivity index (χ0n) is 10.2. The second-order valence-corrected chi connectivity index (χ2v) is 3.75. The van der Waals surface area contributed by atoms with Crippen LogP contribution in [0.4, 0.5) is 0 Å². The first-order valence-electron chi connectivity index (χ1n) is 5.59. The van der Waals surface area contributed by atoms with Crippen molar-refractivity contribution in [2.24, 2.45) is 0 Å². The molecule has 0 heterocycles. The first-order chi connectivity index (χ1) is 8.11. The number of hydrogen-bond donors (Lipinski definition) is 1. The Balaban J connectivity index is 2.35. The molecule has 0 aliphatic carbocycles. The van der Waals surface area contributed by atoms with Crippen LogP contribution in [0, 0.1) is 6.92 Å². The summed E-state index contributed by atoms with van der Waals surface area (Å²) in [5.41, 5.74) is 2.16. The Bertz CT molecular complexity index is 401. The van der Waals surface area contributed by atoms with Gasteiger partial charge in [-0.25, -0.2) is 0 Å². The molecule has 0 fully saturated rings. The molecule has 0 aliphatic heterocycles. The Hall–Kier alpha value is -1.84. The fourth-order valence-electron chi connectivity index (χ4n) is 1.43. The summed E-state index contributed by atoms with van der Waals surface area (Å²) in [5.74, 6) is -0.806. The Morgan fingerprint density at radius 2 is 2.12 bits per heavy atom. The van der Waals surface area contributed by atoms with Crippen LogP contribution in [0.15, 0.2) is 24.3 Å². The Morgan fingerprint density at radius 3 is 2.76 bits per heavy atom. The molecule has 0 saturated carbocycles. The predicted molar refractivity (Wildman–Crippen MR) is 64.3 cm³/mol. The van der Waals surface area contributed by atoms with E-state index in [1.165, 1.54) is 0 Å². The molecule has 0 aromatic heterocycles. The quantitative estimate of drug-likeness (QED) is 0.622. The van der Waals surface area contributed by atoms with E-state index in [-0.39, 0.29) is 12.3 Å². The number of rotatable bonds is 5. The van der Waals surface area contributed by atoms with Gasteiger partial charge in [-0.15, -0.1) is 0 Å². The molecule has 0 radical (unpaired) electrons. The summed E-state index contributed by atoms with van der Waals surface area (Å²) in [6, 6.07) is 7.84. The molecule has 0 aliphatic rings. The van der Waals surface area contributed by atoms with E-state index in [9.17, 15) is 9.59 Å². The first kappa shape index (κ1) is 13.2. The second-order valence-electron chi connectivity index (χ2n) is 3.75. The third kappa shape index (κ3) is 5.15. The van der Waals surface area contributed by atoms with Gasteiger partial charge in [-0.05, 0) is 19.4 Å². The van der Waals surface area contributed by atoms with Crippen LogP contribution in [0.5, 0.6) is 0 Å². The Labute approximate surface area is 101 Å². The van der Waals surface area contributed by atoms with Crippen LogP contribution in [0.25, 0.3) is 0 Å². The first-order valence-corrected chi connectivity index (χ1v) is 5.59. The molecule has 1 aromatic carbocycles. The molecule has 1 aromatic rings. The van der Waals surface area contributed by atoms with Crippen molar-refractivity contribution in [3.8, 4) is 0 Å². The smallest absolute Gasteiger partial charge is 0.315 e. The molecule has 1 rings (SSSR count). The molecule has 0 unspecified atom stereocenters. The molecule has 0 spiro atoms. The molecule has 17 heavy (non-hydrogen) atoms. The minimum Gasteiger partial charge on any atom is -0.466 e. The van der Waals surface area contributed by atoms with Gasteiger partial charge in [-0.2, -0.15) is 0 Å². The summed E-state index contributed by atoms with van der Waals surface area (Å²) >= 11 is 0. The third-order valence-corrected chi connectivity index (χ3v) is 2.18. The lowest BCUT2D eigenvalue weighted by Crippen LogP contribution is -2.26. The van der Waals surface area contributed by atoms with Crippen molar-refractivity contribution in [1.82, 2.24) is 5.32 Å². The maximum absolute atomic E-state index is 11.4.